The van der Waals surface area contributed by atoms with Crippen LogP contribution in [-0.4, -0.2) is 18.7 Å². The van der Waals surface area contributed by atoms with Crippen LogP contribution in [0.4, 0.5) is 5.69 Å². The van der Waals surface area contributed by atoms with Gasteiger partial charge >= 0.3 is 0 Å². The van der Waals surface area contributed by atoms with Crippen molar-refractivity contribution in [1.29, 1.82) is 0 Å². The van der Waals surface area contributed by atoms with E-state index in [-0.39, 0.29) is 12.0 Å². The second kappa shape index (κ2) is 6.55. The molecule has 18 heavy (non-hydrogen) atoms. The van der Waals surface area contributed by atoms with Crippen LogP contribution in [0.15, 0.2) is 18.2 Å². The highest BCUT2D eigenvalue weighted by Crippen LogP contribution is 2.26. The highest BCUT2D eigenvalue weighted by Gasteiger charge is 2.17. The van der Waals surface area contributed by atoms with E-state index in [9.17, 15) is 4.79 Å². The lowest BCUT2D eigenvalue weighted by molar-refractivity contribution is -0.118. The van der Waals surface area contributed by atoms with E-state index in [0.717, 1.165) is 17.7 Å². The zero-order valence-electron chi connectivity index (χ0n) is 12.0. The van der Waals surface area contributed by atoms with Crippen LogP contribution in [0.25, 0.3) is 0 Å². The minimum absolute atomic E-state index is 0.0136. The lowest BCUT2D eigenvalue weighted by Crippen LogP contribution is -2.33. The smallest absolute Gasteiger partial charge is 0.225 e. The Morgan fingerprint density at radius 3 is 2.56 bits per heavy atom. The van der Waals surface area contributed by atoms with Gasteiger partial charge in [-0.15, -0.1) is 0 Å². The first kappa shape index (κ1) is 14.7. The van der Waals surface area contributed by atoms with Crippen molar-refractivity contribution in [2.75, 3.05) is 11.6 Å². The molecule has 1 rings (SSSR count). The third kappa shape index (κ3) is 3.57. The molecule has 0 unspecified atom stereocenters. The fourth-order valence-corrected chi connectivity index (χ4v) is 1.93. The van der Waals surface area contributed by atoms with Crippen LogP contribution < -0.4 is 4.90 Å². The minimum atomic E-state index is 0.0136. The van der Waals surface area contributed by atoms with Gasteiger partial charge in [0.15, 0.2) is 0 Å². The lowest BCUT2D eigenvalue weighted by atomic mass is 10.0. The molecule has 0 N–H and O–H groups in total. The highest BCUT2D eigenvalue weighted by molar-refractivity contribution is 5.93. The fraction of sp³-hybridized carbons (Fsp3) is 0.533. The van der Waals surface area contributed by atoms with Gasteiger partial charge in [-0.25, -0.2) is 0 Å². The Bertz CT molecular complexity index is 413. The van der Waals surface area contributed by atoms with Crippen LogP contribution >= 0.6 is 0 Å². The lowest BCUT2D eigenvalue weighted by Gasteiger charge is -2.26. The fourth-order valence-electron chi connectivity index (χ4n) is 1.93. The number of para-hydroxylation sites is 1. The Labute approximate surface area is 110 Å². The van der Waals surface area contributed by atoms with Crippen LogP contribution in [0.2, 0.25) is 0 Å². The van der Waals surface area contributed by atoms with Crippen molar-refractivity contribution in [3.63, 3.8) is 0 Å². The molecule has 0 saturated carbocycles. The second-order valence-electron chi connectivity index (χ2n) is 4.73. The molecule has 0 aliphatic heterocycles. The summed E-state index contributed by atoms with van der Waals surface area (Å²) in [5.41, 5.74) is 3.28. The Hall–Kier alpha value is -1.35. The molecule has 0 radical (unpaired) electrons. The Balaban J connectivity index is 3.09. The van der Waals surface area contributed by atoms with E-state index in [0.29, 0.717) is 6.73 Å². The zero-order chi connectivity index (χ0) is 13.7. The summed E-state index contributed by atoms with van der Waals surface area (Å²) in [7, 11) is 0. The molecule has 0 spiro atoms. The number of ether oxygens (including phenoxy) is 1. The number of amides is 1. The van der Waals surface area contributed by atoms with Crippen molar-refractivity contribution in [2.24, 2.45) is 0 Å². The van der Waals surface area contributed by atoms with Gasteiger partial charge in [0.2, 0.25) is 5.91 Å². The monoisotopic (exact) mass is 249 g/mol. The first-order chi connectivity index (χ1) is 8.47. The number of rotatable bonds is 5. The van der Waals surface area contributed by atoms with Crippen molar-refractivity contribution in [2.45, 2.75) is 47.1 Å². The van der Waals surface area contributed by atoms with Crippen LogP contribution in [0, 0.1) is 6.92 Å². The average Bonchev–Trinajstić information content (AvgIpc) is 2.30. The molecule has 0 aliphatic rings. The summed E-state index contributed by atoms with van der Waals surface area (Å²) in [6.07, 6.45) is 1.02. The number of aryl methyl sites for hydroxylation is 2. The molecular formula is C15H23NO2. The number of carbonyl (C=O) groups excluding carboxylic acids is 1. The van der Waals surface area contributed by atoms with E-state index >= 15 is 0 Å². The Morgan fingerprint density at radius 2 is 2.06 bits per heavy atom. The largest absolute Gasteiger partial charge is 0.358 e. The predicted molar refractivity (Wildman–Crippen MR) is 74.8 cm³/mol. The number of nitrogens with zero attached hydrogens (tertiary/aromatic N) is 1. The predicted octanol–water partition coefficient (Wildman–Crippen LogP) is 3.29. The van der Waals surface area contributed by atoms with Crippen molar-refractivity contribution in [3.8, 4) is 0 Å². The van der Waals surface area contributed by atoms with Crippen LogP contribution in [0.1, 0.15) is 38.8 Å². The van der Waals surface area contributed by atoms with Crippen LogP contribution in [0.3, 0.4) is 0 Å². The summed E-state index contributed by atoms with van der Waals surface area (Å²) in [6.45, 7) is 9.95. The molecule has 1 amide bonds. The number of hydrogen-bond donors (Lipinski definition) is 0. The van der Waals surface area contributed by atoms with Crippen molar-refractivity contribution in [3.05, 3.63) is 29.3 Å². The number of hydrogen-bond acceptors (Lipinski definition) is 2. The van der Waals surface area contributed by atoms with Gasteiger partial charge in [0.05, 0.1) is 11.8 Å². The Morgan fingerprint density at radius 1 is 1.39 bits per heavy atom. The third-order valence-electron chi connectivity index (χ3n) is 2.89. The van der Waals surface area contributed by atoms with Gasteiger partial charge in [0.25, 0.3) is 0 Å². The van der Waals surface area contributed by atoms with E-state index in [4.69, 9.17) is 4.74 Å². The normalized spacial score (nSPS) is 10.8. The number of carbonyl (C=O) groups is 1. The molecule has 100 valence electrons. The van der Waals surface area contributed by atoms with Gasteiger partial charge in [-0.1, -0.05) is 25.1 Å². The SMILES string of the molecule is CCc1cccc(C)c1N(COC(C)C)C(C)=O. The molecule has 0 bridgehead atoms. The molecule has 1 aromatic rings. The standard InChI is InChI=1S/C15H23NO2/c1-6-14-9-7-8-12(4)15(14)16(13(5)17)10-18-11(2)3/h7-9,11H,6,10H2,1-5H3. The molecule has 0 saturated heterocycles. The van der Waals surface area contributed by atoms with Gasteiger partial charge in [0, 0.05) is 6.92 Å². The highest BCUT2D eigenvalue weighted by atomic mass is 16.5. The Kier molecular flexibility index (Phi) is 5.35. The summed E-state index contributed by atoms with van der Waals surface area (Å²) in [4.78, 5) is 13.5. The van der Waals surface area contributed by atoms with Gasteiger partial charge in [-0.3, -0.25) is 9.69 Å². The van der Waals surface area contributed by atoms with Crippen molar-refractivity contribution >= 4 is 11.6 Å². The second-order valence-corrected chi connectivity index (χ2v) is 4.73. The van der Waals surface area contributed by atoms with Crippen LogP contribution in [-0.2, 0) is 16.0 Å². The van der Waals surface area contributed by atoms with Gasteiger partial charge in [-0.05, 0) is 38.3 Å². The summed E-state index contributed by atoms with van der Waals surface area (Å²) < 4.78 is 5.58. The number of benzene rings is 1. The maximum atomic E-state index is 11.8. The molecule has 0 heterocycles. The summed E-state index contributed by atoms with van der Waals surface area (Å²) in [6, 6.07) is 6.12. The first-order valence-corrected chi connectivity index (χ1v) is 6.45. The molecule has 0 fully saturated rings. The van der Waals surface area contributed by atoms with Crippen molar-refractivity contribution in [1.82, 2.24) is 0 Å². The summed E-state index contributed by atoms with van der Waals surface area (Å²) >= 11 is 0. The van der Waals surface area contributed by atoms with E-state index in [1.807, 2.05) is 32.9 Å². The first-order valence-electron chi connectivity index (χ1n) is 6.45. The van der Waals surface area contributed by atoms with E-state index in [1.165, 1.54) is 5.56 Å². The molecule has 3 nitrogen and oxygen atoms in total. The van der Waals surface area contributed by atoms with Crippen LogP contribution in [0.5, 0.6) is 0 Å². The topological polar surface area (TPSA) is 29.5 Å². The summed E-state index contributed by atoms with van der Waals surface area (Å²) in [5.74, 6) is 0.0136. The molecule has 0 aromatic heterocycles. The molecule has 0 aliphatic carbocycles. The molecule has 3 heteroatoms. The molecule has 0 atom stereocenters. The third-order valence-corrected chi connectivity index (χ3v) is 2.89. The van der Waals surface area contributed by atoms with E-state index < -0.39 is 0 Å². The van der Waals surface area contributed by atoms with Crippen molar-refractivity contribution < 1.29 is 9.53 Å². The number of anilines is 1. The van der Waals surface area contributed by atoms with Gasteiger partial charge in [-0.2, -0.15) is 0 Å². The minimum Gasteiger partial charge on any atom is -0.358 e. The van der Waals surface area contributed by atoms with Gasteiger partial charge < -0.3 is 4.74 Å². The maximum Gasteiger partial charge on any atom is 0.225 e. The average molecular weight is 249 g/mol. The molecular weight excluding hydrogens is 226 g/mol. The maximum absolute atomic E-state index is 11.8. The van der Waals surface area contributed by atoms with E-state index in [1.54, 1.807) is 11.8 Å². The van der Waals surface area contributed by atoms with Gasteiger partial charge in [0.1, 0.15) is 6.73 Å². The molecule has 1 aromatic carbocycles. The summed E-state index contributed by atoms with van der Waals surface area (Å²) in [5, 5.41) is 0. The van der Waals surface area contributed by atoms with E-state index in [2.05, 4.69) is 13.0 Å². The zero-order valence-corrected chi connectivity index (χ0v) is 12.0. The quantitative estimate of drug-likeness (QED) is 0.749.